The third-order valence-electron chi connectivity index (χ3n) is 4.41. The summed E-state index contributed by atoms with van der Waals surface area (Å²) >= 11 is 1.44. The van der Waals surface area contributed by atoms with Crippen molar-refractivity contribution in [1.82, 2.24) is 19.9 Å². The maximum Gasteiger partial charge on any atom is 0.271 e. The minimum absolute atomic E-state index is 0.0630. The molecule has 3 N–H and O–H groups in total. The number of primary amides is 1. The average molecular weight is 387 g/mol. The van der Waals surface area contributed by atoms with E-state index in [1.54, 1.807) is 11.1 Å². The zero-order valence-electron chi connectivity index (χ0n) is 15.2. The number of thiazole rings is 1. The summed E-state index contributed by atoms with van der Waals surface area (Å²) < 4.78 is 0. The molecule has 0 bridgehead atoms. The molecule has 3 heterocycles. The molecule has 1 atom stereocenters. The summed E-state index contributed by atoms with van der Waals surface area (Å²) in [6, 6.07) is 0.0983. The molecule has 0 saturated carbocycles. The van der Waals surface area contributed by atoms with E-state index in [0.717, 1.165) is 16.4 Å². The smallest absolute Gasteiger partial charge is 0.271 e. The lowest BCUT2D eigenvalue weighted by atomic mass is 10.2. The van der Waals surface area contributed by atoms with E-state index in [9.17, 15) is 9.59 Å². The zero-order chi connectivity index (χ0) is 19.6. The minimum Gasteiger partial charge on any atom is -0.364 e. The molecule has 142 valence electrons. The molecular formula is C17H21N7O2S. The number of aryl methyl sites for hydroxylation is 1. The van der Waals surface area contributed by atoms with Crippen molar-refractivity contribution in [1.29, 1.82) is 0 Å². The Morgan fingerprint density at radius 2 is 2.22 bits per heavy atom. The number of likely N-dealkylation sites (tertiary alicyclic amines) is 1. The fraction of sp³-hybridized carbons (Fsp3) is 0.353. The molecule has 0 unspecified atom stereocenters. The number of carbonyl (C=O) groups is 2. The monoisotopic (exact) mass is 387 g/mol. The number of nitrogens with two attached hydrogens (primary N) is 1. The predicted octanol–water partition coefficient (Wildman–Crippen LogP) is 1.31. The summed E-state index contributed by atoms with van der Waals surface area (Å²) in [5.41, 5.74) is 5.49. The van der Waals surface area contributed by atoms with Crippen LogP contribution < -0.4 is 16.0 Å². The van der Waals surface area contributed by atoms with Gasteiger partial charge in [-0.1, -0.05) is 6.58 Å². The molecule has 9 nitrogen and oxygen atoms in total. The Kier molecular flexibility index (Phi) is 5.36. The van der Waals surface area contributed by atoms with E-state index in [2.05, 4.69) is 26.8 Å². The van der Waals surface area contributed by atoms with Gasteiger partial charge in [-0.25, -0.2) is 15.0 Å². The first-order chi connectivity index (χ1) is 12.9. The first-order valence-electron chi connectivity index (χ1n) is 8.39. The van der Waals surface area contributed by atoms with Crippen LogP contribution in [0.4, 0.5) is 16.6 Å². The van der Waals surface area contributed by atoms with Crippen molar-refractivity contribution in [3.63, 3.8) is 0 Å². The maximum atomic E-state index is 11.8. The third-order valence-corrected chi connectivity index (χ3v) is 5.24. The van der Waals surface area contributed by atoms with Gasteiger partial charge >= 0.3 is 0 Å². The van der Waals surface area contributed by atoms with Gasteiger partial charge in [-0.15, -0.1) is 11.3 Å². The summed E-state index contributed by atoms with van der Waals surface area (Å²) in [5, 5.41) is 4.70. The Balaban J connectivity index is 1.83. The van der Waals surface area contributed by atoms with Gasteiger partial charge in [0.15, 0.2) is 11.5 Å². The highest BCUT2D eigenvalue weighted by Gasteiger charge is 2.29. The van der Waals surface area contributed by atoms with E-state index in [0.29, 0.717) is 18.9 Å². The molecule has 1 saturated heterocycles. The lowest BCUT2D eigenvalue weighted by Crippen LogP contribution is -2.36. The second kappa shape index (κ2) is 7.70. The molecule has 2 aromatic heterocycles. The highest BCUT2D eigenvalue weighted by atomic mass is 32.1. The zero-order valence-corrected chi connectivity index (χ0v) is 16.0. The number of hydrogen-bond donors (Lipinski definition) is 2. The van der Waals surface area contributed by atoms with Crippen LogP contribution in [-0.2, 0) is 4.79 Å². The van der Waals surface area contributed by atoms with Crippen molar-refractivity contribution in [2.45, 2.75) is 19.4 Å². The van der Waals surface area contributed by atoms with Crippen LogP contribution in [0.3, 0.4) is 0 Å². The molecule has 10 heteroatoms. The lowest BCUT2D eigenvalue weighted by molar-refractivity contribution is -0.125. The number of carbonyl (C=O) groups excluding carboxylic acids is 2. The second-order valence-electron chi connectivity index (χ2n) is 6.20. The highest BCUT2D eigenvalue weighted by molar-refractivity contribution is 7.15. The molecular weight excluding hydrogens is 366 g/mol. The summed E-state index contributed by atoms with van der Waals surface area (Å²) in [6.07, 6.45) is 5.31. The van der Waals surface area contributed by atoms with Crippen molar-refractivity contribution in [3.8, 4) is 0 Å². The van der Waals surface area contributed by atoms with Crippen LogP contribution >= 0.6 is 11.3 Å². The number of likely N-dealkylation sites (N-methyl/N-ethyl adjacent to an activating group) is 1. The topological polar surface area (TPSA) is 117 Å². The van der Waals surface area contributed by atoms with Gasteiger partial charge in [0.2, 0.25) is 5.91 Å². The summed E-state index contributed by atoms with van der Waals surface area (Å²) in [7, 11) is 1.89. The van der Waals surface area contributed by atoms with E-state index in [-0.39, 0.29) is 23.5 Å². The molecule has 27 heavy (non-hydrogen) atoms. The molecule has 2 amide bonds. The summed E-state index contributed by atoms with van der Waals surface area (Å²) in [5.74, 6) is 0.127. The first kappa shape index (κ1) is 18.8. The fourth-order valence-corrected chi connectivity index (χ4v) is 3.60. The molecule has 0 aromatic carbocycles. The number of aromatic nitrogens is 3. The lowest BCUT2D eigenvalue weighted by Gasteiger charge is -2.26. The number of anilines is 3. The third kappa shape index (κ3) is 4.05. The van der Waals surface area contributed by atoms with Crippen LogP contribution in [0.2, 0.25) is 0 Å². The Hall–Kier alpha value is -3.01. The first-order valence-corrected chi connectivity index (χ1v) is 9.21. The molecule has 0 radical (unpaired) electrons. The van der Waals surface area contributed by atoms with Crippen molar-refractivity contribution < 1.29 is 9.59 Å². The van der Waals surface area contributed by atoms with Crippen molar-refractivity contribution in [3.05, 3.63) is 35.8 Å². The highest BCUT2D eigenvalue weighted by Crippen LogP contribution is 2.26. The normalized spacial score (nSPS) is 16.2. The quantitative estimate of drug-likeness (QED) is 0.718. The number of nitrogens with zero attached hydrogens (tertiary/aromatic N) is 5. The fourth-order valence-electron chi connectivity index (χ4n) is 2.93. The Morgan fingerprint density at radius 3 is 2.85 bits per heavy atom. The van der Waals surface area contributed by atoms with Crippen molar-refractivity contribution >= 4 is 39.8 Å². The molecule has 0 spiro atoms. The van der Waals surface area contributed by atoms with E-state index in [4.69, 9.17) is 5.73 Å². The Bertz CT molecular complexity index is 882. The van der Waals surface area contributed by atoms with Crippen LogP contribution in [0.5, 0.6) is 0 Å². The molecule has 1 fully saturated rings. The van der Waals surface area contributed by atoms with E-state index >= 15 is 0 Å². The number of nitrogens with one attached hydrogen (secondary N) is 1. The van der Waals surface area contributed by atoms with E-state index in [1.165, 1.54) is 23.6 Å². The van der Waals surface area contributed by atoms with Gasteiger partial charge in [0.25, 0.3) is 5.91 Å². The standard InChI is InChI=1S/C17H21N7O2S/c1-4-14(25)24-6-5-11(9-24)23(3)12-7-20-15(16(18)26)17(21-12)22-13-8-19-10(2)27-13/h4,7-8,11H,1,5-6,9H2,2-3H3,(H2,18,26)(H,21,22)/t11-/m1/s1. The SMILES string of the molecule is C=CC(=O)N1CC[C@@H](N(C)c2cnc(C(N)=O)c(Nc3cnc(C)s3)n2)C1. The van der Waals surface area contributed by atoms with Gasteiger partial charge in [-0.2, -0.15) is 0 Å². The van der Waals surface area contributed by atoms with Gasteiger partial charge < -0.3 is 20.9 Å². The molecule has 1 aliphatic rings. The Labute approximate surface area is 160 Å². The van der Waals surface area contributed by atoms with Crippen LogP contribution in [0.15, 0.2) is 25.0 Å². The van der Waals surface area contributed by atoms with Gasteiger partial charge in [-0.3, -0.25) is 9.59 Å². The van der Waals surface area contributed by atoms with Crippen molar-refractivity contribution in [2.75, 3.05) is 30.4 Å². The minimum atomic E-state index is -0.663. The van der Waals surface area contributed by atoms with Gasteiger partial charge in [-0.05, 0) is 19.4 Å². The summed E-state index contributed by atoms with van der Waals surface area (Å²) in [4.78, 5) is 40.1. The van der Waals surface area contributed by atoms with Crippen LogP contribution in [-0.4, -0.2) is 57.8 Å². The van der Waals surface area contributed by atoms with Gasteiger partial charge in [0.05, 0.1) is 17.4 Å². The van der Waals surface area contributed by atoms with Crippen LogP contribution in [0.1, 0.15) is 21.9 Å². The average Bonchev–Trinajstić information content (AvgIpc) is 3.29. The predicted molar refractivity (Wildman–Crippen MR) is 104 cm³/mol. The van der Waals surface area contributed by atoms with E-state index in [1.807, 2.05) is 18.9 Å². The number of rotatable bonds is 6. The number of amides is 2. The molecule has 0 aliphatic carbocycles. The molecule has 2 aromatic rings. The van der Waals surface area contributed by atoms with Crippen LogP contribution in [0.25, 0.3) is 0 Å². The van der Waals surface area contributed by atoms with Gasteiger partial charge in [0.1, 0.15) is 10.8 Å². The molecule has 1 aliphatic heterocycles. The number of hydrogen-bond acceptors (Lipinski definition) is 8. The van der Waals surface area contributed by atoms with E-state index < -0.39 is 5.91 Å². The Morgan fingerprint density at radius 1 is 1.44 bits per heavy atom. The van der Waals surface area contributed by atoms with Crippen molar-refractivity contribution in [2.24, 2.45) is 5.73 Å². The van der Waals surface area contributed by atoms with Crippen LogP contribution in [0, 0.1) is 6.92 Å². The molecule has 3 rings (SSSR count). The largest absolute Gasteiger partial charge is 0.364 e. The summed E-state index contributed by atoms with van der Waals surface area (Å²) in [6.45, 7) is 6.66. The van der Waals surface area contributed by atoms with Gasteiger partial charge in [0, 0.05) is 26.2 Å². The second-order valence-corrected chi connectivity index (χ2v) is 7.43. The maximum absolute atomic E-state index is 11.8.